The molecule has 2 aromatic carbocycles. The van der Waals surface area contributed by atoms with Crippen molar-refractivity contribution < 1.29 is 23.1 Å². The van der Waals surface area contributed by atoms with Crippen molar-refractivity contribution >= 4 is 45.1 Å². The van der Waals surface area contributed by atoms with Gasteiger partial charge in [-0.05, 0) is 54.8 Å². The van der Waals surface area contributed by atoms with Crippen LogP contribution < -0.4 is 0 Å². The van der Waals surface area contributed by atoms with Gasteiger partial charge in [-0.2, -0.15) is 4.33 Å². The quantitative estimate of drug-likeness (QED) is 0.189. The Morgan fingerprint density at radius 3 is 2.44 bits per heavy atom. The molecule has 0 N–H and O–H groups in total. The van der Waals surface area contributed by atoms with Gasteiger partial charge in [0.25, 0.3) is 0 Å². The molecule has 0 radical (unpaired) electrons. The minimum atomic E-state index is -0.803. The molecule has 142 valence electrons. The highest BCUT2D eigenvalue weighted by atomic mass is 79.9. The molecule has 4 nitrogen and oxygen atoms in total. The summed E-state index contributed by atoms with van der Waals surface area (Å²) in [6, 6.07) is 11.7. The van der Waals surface area contributed by atoms with Crippen molar-refractivity contribution in [1.29, 1.82) is 0 Å². The summed E-state index contributed by atoms with van der Waals surface area (Å²) in [5.41, 5.74) is 2.89. The molecule has 0 amide bonds. The van der Waals surface area contributed by atoms with Crippen molar-refractivity contribution in [1.82, 2.24) is 0 Å². The molecule has 1 heterocycles. The molecule has 0 fully saturated rings. The summed E-state index contributed by atoms with van der Waals surface area (Å²) in [6.45, 7) is 3.70. The van der Waals surface area contributed by atoms with Gasteiger partial charge in [0.15, 0.2) is 0 Å². The summed E-state index contributed by atoms with van der Waals surface area (Å²) in [5, 5.41) is 0.602. The van der Waals surface area contributed by atoms with Gasteiger partial charge in [-0.25, -0.2) is 14.1 Å². The molecule has 0 saturated heterocycles. The van der Waals surface area contributed by atoms with Crippen LogP contribution in [0.25, 0.3) is 11.1 Å². The van der Waals surface area contributed by atoms with Gasteiger partial charge in [-0.1, -0.05) is 34.1 Å². The number of carbonyl (C=O) groups excluding carboxylic acids is 1. The third-order valence-corrected chi connectivity index (χ3v) is 5.61. The van der Waals surface area contributed by atoms with Crippen LogP contribution in [0.5, 0.6) is 0 Å². The lowest BCUT2D eigenvalue weighted by Gasteiger charge is -2.22. The molecule has 7 heteroatoms. The van der Waals surface area contributed by atoms with Crippen molar-refractivity contribution in [3.05, 3.63) is 65.0 Å². The molecular formula is C20H18BrFO4S. The van der Waals surface area contributed by atoms with Gasteiger partial charge in [0.05, 0.1) is 24.7 Å². The fraction of sp³-hybridized carbons (Fsp3) is 0.250. The minimum Gasteiger partial charge on any atom is -0.451 e. The van der Waals surface area contributed by atoms with Gasteiger partial charge in [0.2, 0.25) is 0 Å². The van der Waals surface area contributed by atoms with Crippen LogP contribution in [0.4, 0.5) is 4.39 Å². The fourth-order valence-electron chi connectivity index (χ4n) is 3.10. The zero-order valence-electron chi connectivity index (χ0n) is 15.0. The van der Waals surface area contributed by atoms with Crippen LogP contribution in [0.2, 0.25) is 0 Å². The first-order valence-electron chi connectivity index (χ1n) is 8.18. The molecular weight excluding hydrogens is 435 g/mol. The average Bonchev–Trinajstić information content (AvgIpc) is 2.89. The predicted molar refractivity (Wildman–Crippen MR) is 106 cm³/mol. The number of hydrogen-bond acceptors (Lipinski definition) is 5. The lowest BCUT2D eigenvalue weighted by atomic mass is 9.86. The van der Waals surface area contributed by atoms with E-state index in [0.717, 1.165) is 33.6 Å². The normalized spacial score (nSPS) is 16.0. The van der Waals surface area contributed by atoms with E-state index in [4.69, 9.17) is 9.07 Å². The van der Waals surface area contributed by atoms with Crippen LogP contribution in [-0.4, -0.2) is 18.7 Å². The van der Waals surface area contributed by atoms with Crippen molar-refractivity contribution in [2.24, 2.45) is 0 Å². The second-order valence-corrected chi connectivity index (χ2v) is 7.73. The van der Waals surface area contributed by atoms with Gasteiger partial charge in [0.1, 0.15) is 11.4 Å². The fourth-order valence-corrected chi connectivity index (χ4v) is 4.25. The first-order valence-corrected chi connectivity index (χ1v) is 10.0. The van der Waals surface area contributed by atoms with E-state index in [1.807, 2.05) is 32.0 Å². The Morgan fingerprint density at radius 2 is 1.81 bits per heavy atom. The first-order chi connectivity index (χ1) is 12.9. The molecule has 0 bridgehead atoms. The summed E-state index contributed by atoms with van der Waals surface area (Å²) < 4.78 is 23.9. The zero-order valence-corrected chi connectivity index (χ0v) is 17.4. The summed E-state index contributed by atoms with van der Waals surface area (Å²) in [7, 11) is 1.44. The van der Waals surface area contributed by atoms with Crippen molar-refractivity contribution in [3.63, 3.8) is 0 Å². The second-order valence-electron chi connectivity index (χ2n) is 6.43. The first kappa shape index (κ1) is 20.1. The van der Waals surface area contributed by atoms with E-state index in [2.05, 4.69) is 20.8 Å². The largest absolute Gasteiger partial charge is 0.451 e. The number of hydrogen-bond donors (Lipinski definition) is 0. The number of rotatable bonds is 6. The van der Waals surface area contributed by atoms with Crippen LogP contribution in [0.1, 0.15) is 30.5 Å². The second kappa shape index (κ2) is 8.14. The molecule has 3 rings (SSSR count). The van der Waals surface area contributed by atoms with Crippen molar-refractivity contribution in [3.8, 4) is 0 Å². The number of ether oxygens (including phenoxy) is 1. The monoisotopic (exact) mass is 452 g/mol. The van der Waals surface area contributed by atoms with Crippen LogP contribution in [0.3, 0.4) is 0 Å². The van der Waals surface area contributed by atoms with Crippen molar-refractivity contribution in [2.75, 3.05) is 7.11 Å². The summed E-state index contributed by atoms with van der Waals surface area (Å²) in [5.74, 6) is -0.768. The summed E-state index contributed by atoms with van der Waals surface area (Å²) >= 11 is 4.60. The van der Waals surface area contributed by atoms with E-state index in [-0.39, 0.29) is 5.82 Å². The number of cyclic esters (lactones) is 1. The molecule has 2 aromatic rings. The highest BCUT2D eigenvalue weighted by Crippen LogP contribution is 2.44. The third-order valence-electron chi connectivity index (χ3n) is 4.22. The summed E-state index contributed by atoms with van der Waals surface area (Å²) in [4.78, 5) is 18.1. The Morgan fingerprint density at radius 1 is 1.15 bits per heavy atom. The van der Waals surface area contributed by atoms with Crippen LogP contribution >= 0.6 is 28.0 Å². The molecule has 1 aliphatic heterocycles. The zero-order chi connectivity index (χ0) is 19.6. The van der Waals surface area contributed by atoms with E-state index < -0.39 is 11.6 Å². The van der Waals surface area contributed by atoms with Crippen LogP contribution in [-0.2, 0) is 24.1 Å². The van der Waals surface area contributed by atoms with E-state index in [1.54, 1.807) is 12.1 Å². The average molecular weight is 453 g/mol. The Hall–Kier alpha value is -1.67. The predicted octanol–water partition coefficient (Wildman–Crippen LogP) is 5.55. The molecule has 0 atom stereocenters. The smallest absolute Gasteiger partial charge is 0.340 e. The highest BCUT2D eigenvalue weighted by molar-refractivity contribution is 9.08. The standard InChI is InChI=1S/C20H18BrFO4S/c1-20(2)18(13-6-9-16(27-26-24-3)14(10-13)11-21)17(19(23)25-20)12-4-7-15(22)8-5-12/h4-10H,11H2,1-3H3. The minimum absolute atomic E-state index is 0.354. The number of alkyl halides is 1. The van der Waals surface area contributed by atoms with Crippen LogP contribution in [0, 0.1) is 5.82 Å². The Bertz CT molecular complexity index is 893. The highest BCUT2D eigenvalue weighted by Gasteiger charge is 2.41. The Kier molecular flexibility index (Phi) is 6.05. The van der Waals surface area contributed by atoms with E-state index in [1.165, 1.54) is 19.2 Å². The lowest BCUT2D eigenvalue weighted by Crippen LogP contribution is -2.22. The molecule has 0 aromatic heterocycles. The molecule has 0 unspecified atom stereocenters. The van der Waals surface area contributed by atoms with Gasteiger partial charge in [-0.3, -0.25) is 0 Å². The third kappa shape index (κ3) is 4.11. The number of halogens is 2. The number of esters is 1. The molecule has 0 spiro atoms. The Balaban J connectivity index is 2.15. The summed E-state index contributed by atoms with van der Waals surface area (Å²) in [6.07, 6.45) is 0. The number of benzene rings is 2. The van der Waals surface area contributed by atoms with Gasteiger partial charge < -0.3 is 4.74 Å². The topological polar surface area (TPSA) is 44.8 Å². The molecule has 0 saturated carbocycles. The van der Waals surface area contributed by atoms with Gasteiger partial charge in [-0.15, -0.1) is 0 Å². The van der Waals surface area contributed by atoms with Gasteiger partial charge in [0, 0.05) is 15.8 Å². The number of carbonyl (C=O) groups is 1. The SMILES string of the molecule is COOSc1ccc(C2=C(c3ccc(F)cc3)C(=O)OC2(C)C)cc1CBr. The molecule has 27 heavy (non-hydrogen) atoms. The van der Waals surface area contributed by atoms with E-state index >= 15 is 0 Å². The lowest BCUT2D eigenvalue weighted by molar-refractivity contribution is -0.160. The maximum absolute atomic E-state index is 13.3. The maximum atomic E-state index is 13.3. The molecule has 1 aliphatic rings. The van der Waals surface area contributed by atoms with E-state index in [0.29, 0.717) is 16.5 Å². The molecule has 0 aliphatic carbocycles. The van der Waals surface area contributed by atoms with Crippen molar-refractivity contribution in [2.45, 2.75) is 29.7 Å². The maximum Gasteiger partial charge on any atom is 0.340 e. The van der Waals surface area contributed by atoms with Crippen LogP contribution in [0.15, 0.2) is 47.4 Å². The van der Waals surface area contributed by atoms with E-state index in [9.17, 15) is 9.18 Å². The van der Waals surface area contributed by atoms with Gasteiger partial charge >= 0.3 is 5.97 Å². The Labute approximate surface area is 170 Å².